The number of nitrogens with one attached hydrogen (secondary N) is 2. The van der Waals surface area contributed by atoms with Gasteiger partial charge in [-0.15, -0.1) is 0 Å². The number of hydrazone groups is 1. The van der Waals surface area contributed by atoms with Gasteiger partial charge in [-0.05, 0) is 37.5 Å². The molecular weight excluding hydrogens is 392 g/mol. The molecule has 2 aromatic heterocycles. The summed E-state index contributed by atoms with van der Waals surface area (Å²) in [6.45, 7) is 6.48. The number of anilines is 1. The van der Waals surface area contributed by atoms with E-state index in [2.05, 4.69) is 26.6 Å². The Morgan fingerprint density at radius 2 is 1.77 bits per heavy atom. The van der Waals surface area contributed by atoms with E-state index in [0.29, 0.717) is 23.7 Å². The Kier molecular flexibility index (Phi) is 5.29. The molecule has 2 N–H and O–H groups in total. The van der Waals surface area contributed by atoms with Gasteiger partial charge in [0.05, 0.1) is 12.8 Å². The second-order valence-corrected chi connectivity index (χ2v) is 7.72. The Morgan fingerprint density at radius 1 is 1.06 bits per heavy atom. The number of aromatic amines is 1. The molecule has 0 spiro atoms. The smallest absolute Gasteiger partial charge is 0.298 e. The maximum absolute atomic E-state index is 12.7. The van der Waals surface area contributed by atoms with Crippen LogP contribution in [0.2, 0.25) is 0 Å². The van der Waals surface area contributed by atoms with Crippen molar-refractivity contribution in [3.05, 3.63) is 91.1 Å². The van der Waals surface area contributed by atoms with Gasteiger partial charge in [-0.2, -0.15) is 10.1 Å². The van der Waals surface area contributed by atoms with Crippen molar-refractivity contribution in [2.24, 2.45) is 12.1 Å². The first-order valence-corrected chi connectivity index (χ1v) is 9.95. The molecule has 0 aliphatic rings. The zero-order valence-corrected chi connectivity index (χ0v) is 17.9. The molecule has 0 bridgehead atoms. The standard InChI is InChI=1S/C23H24N6O2/c1-14-6-9-17(10-7-14)12-24-27-22-25-20-19(21(30)26-23(31)28(20)4)29(22)13-18-11-15(2)5-8-16(18)3/h5-12H,13H2,1-4H3,(H,25,27)(H,26,30,31). The lowest BCUT2D eigenvalue weighted by atomic mass is 10.1. The van der Waals surface area contributed by atoms with Crippen molar-refractivity contribution in [1.29, 1.82) is 0 Å². The highest BCUT2D eigenvalue weighted by molar-refractivity contribution is 5.80. The van der Waals surface area contributed by atoms with Crippen molar-refractivity contribution in [3.63, 3.8) is 0 Å². The van der Waals surface area contributed by atoms with E-state index in [1.165, 1.54) is 10.1 Å². The Bertz CT molecular complexity index is 1410. The third-order valence-electron chi connectivity index (χ3n) is 5.30. The number of H-pyrrole nitrogens is 1. The van der Waals surface area contributed by atoms with E-state index in [4.69, 9.17) is 0 Å². The summed E-state index contributed by atoms with van der Waals surface area (Å²) in [6, 6.07) is 14.1. The lowest BCUT2D eigenvalue weighted by molar-refractivity contribution is 0.804. The normalized spacial score (nSPS) is 11.5. The molecule has 0 fully saturated rings. The minimum absolute atomic E-state index is 0.298. The molecule has 0 saturated heterocycles. The SMILES string of the molecule is Cc1ccc(C=NNc2nc3c(c(=O)[nH]c(=O)n3C)n2Cc2cc(C)ccc2C)cc1. The fourth-order valence-electron chi connectivity index (χ4n) is 3.43. The van der Waals surface area contributed by atoms with Crippen LogP contribution in [-0.4, -0.2) is 25.3 Å². The van der Waals surface area contributed by atoms with E-state index in [1.54, 1.807) is 17.8 Å². The van der Waals surface area contributed by atoms with Crippen LogP contribution in [0, 0.1) is 20.8 Å². The van der Waals surface area contributed by atoms with Crippen molar-refractivity contribution in [3.8, 4) is 0 Å². The largest absolute Gasteiger partial charge is 0.329 e. The van der Waals surface area contributed by atoms with Crippen LogP contribution in [0.25, 0.3) is 11.2 Å². The van der Waals surface area contributed by atoms with Crippen LogP contribution in [0.5, 0.6) is 0 Å². The van der Waals surface area contributed by atoms with Crippen LogP contribution >= 0.6 is 0 Å². The number of hydrogen-bond donors (Lipinski definition) is 2. The van der Waals surface area contributed by atoms with E-state index < -0.39 is 11.2 Å². The second-order valence-electron chi connectivity index (χ2n) is 7.72. The molecule has 0 aliphatic carbocycles. The quantitative estimate of drug-likeness (QED) is 0.386. The molecule has 0 amide bonds. The van der Waals surface area contributed by atoms with Crippen molar-refractivity contribution < 1.29 is 0 Å². The summed E-state index contributed by atoms with van der Waals surface area (Å²) in [4.78, 5) is 31.6. The summed E-state index contributed by atoms with van der Waals surface area (Å²) in [5.74, 6) is 0.381. The second kappa shape index (κ2) is 8.06. The molecule has 2 aromatic carbocycles. The van der Waals surface area contributed by atoms with Gasteiger partial charge in [0, 0.05) is 7.05 Å². The zero-order valence-electron chi connectivity index (χ0n) is 17.9. The molecular formula is C23H24N6O2. The van der Waals surface area contributed by atoms with Crippen LogP contribution in [0.3, 0.4) is 0 Å². The highest BCUT2D eigenvalue weighted by atomic mass is 16.2. The zero-order chi connectivity index (χ0) is 22.1. The summed E-state index contributed by atoms with van der Waals surface area (Å²) in [6.07, 6.45) is 1.68. The Hall–Kier alpha value is -3.94. The number of nitrogens with zero attached hydrogens (tertiary/aromatic N) is 4. The van der Waals surface area contributed by atoms with Crippen LogP contribution in [0.15, 0.2) is 57.2 Å². The van der Waals surface area contributed by atoms with Crippen molar-refractivity contribution in [2.45, 2.75) is 27.3 Å². The average molecular weight is 416 g/mol. The van der Waals surface area contributed by atoms with Gasteiger partial charge < -0.3 is 0 Å². The minimum Gasteiger partial charge on any atom is -0.298 e. The van der Waals surface area contributed by atoms with Gasteiger partial charge in [-0.3, -0.25) is 18.9 Å². The number of aromatic nitrogens is 4. The van der Waals surface area contributed by atoms with Crippen molar-refractivity contribution in [2.75, 3.05) is 5.43 Å². The lowest BCUT2D eigenvalue weighted by Crippen LogP contribution is -2.29. The van der Waals surface area contributed by atoms with E-state index in [-0.39, 0.29) is 0 Å². The van der Waals surface area contributed by atoms with Gasteiger partial charge in [0.1, 0.15) is 0 Å². The summed E-state index contributed by atoms with van der Waals surface area (Å²) in [7, 11) is 1.58. The third kappa shape index (κ3) is 4.05. The van der Waals surface area contributed by atoms with Gasteiger partial charge in [0.2, 0.25) is 5.95 Å². The predicted molar refractivity (Wildman–Crippen MR) is 123 cm³/mol. The van der Waals surface area contributed by atoms with E-state index in [0.717, 1.165) is 22.3 Å². The molecule has 31 heavy (non-hydrogen) atoms. The molecule has 2 heterocycles. The van der Waals surface area contributed by atoms with E-state index in [9.17, 15) is 9.59 Å². The molecule has 0 atom stereocenters. The van der Waals surface area contributed by atoms with Crippen LogP contribution < -0.4 is 16.7 Å². The fourth-order valence-corrected chi connectivity index (χ4v) is 3.43. The maximum atomic E-state index is 12.7. The molecule has 8 nitrogen and oxygen atoms in total. The number of hydrogen-bond acceptors (Lipinski definition) is 5. The fraction of sp³-hybridized carbons (Fsp3) is 0.217. The number of aryl methyl sites for hydroxylation is 4. The topological polar surface area (TPSA) is 97.1 Å². The Morgan fingerprint density at radius 3 is 2.52 bits per heavy atom. The first kappa shape index (κ1) is 20.3. The van der Waals surface area contributed by atoms with Crippen LogP contribution in [0.4, 0.5) is 5.95 Å². The monoisotopic (exact) mass is 416 g/mol. The first-order chi connectivity index (χ1) is 14.8. The summed E-state index contributed by atoms with van der Waals surface area (Å²) >= 11 is 0. The number of imidazole rings is 1. The Labute approximate surface area is 178 Å². The van der Waals surface area contributed by atoms with Crippen LogP contribution in [0.1, 0.15) is 27.8 Å². The molecule has 8 heteroatoms. The van der Waals surface area contributed by atoms with Crippen molar-refractivity contribution >= 4 is 23.3 Å². The molecule has 0 radical (unpaired) electrons. The van der Waals surface area contributed by atoms with Gasteiger partial charge in [-0.25, -0.2) is 10.2 Å². The highest BCUT2D eigenvalue weighted by Gasteiger charge is 2.18. The van der Waals surface area contributed by atoms with Gasteiger partial charge in [0.25, 0.3) is 5.56 Å². The molecule has 4 rings (SSSR count). The average Bonchev–Trinajstić information content (AvgIpc) is 3.09. The molecule has 0 saturated carbocycles. The third-order valence-corrected chi connectivity index (χ3v) is 5.30. The summed E-state index contributed by atoms with van der Waals surface area (Å²) in [5.41, 5.74) is 7.95. The van der Waals surface area contributed by atoms with Gasteiger partial charge in [-0.1, -0.05) is 53.6 Å². The predicted octanol–water partition coefficient (Wildman–Crippen LogP) is 2.84. The van der Waals surface area contributed by atoms with E-state index >= 15 is 0 Å². The maximum Gasteiger partial charge on any atom is 0.329 e. The van der Waals surface area contributed by atoms with Crippen molar-refractivity contribution in [1.82, 2.24) is 19.1 Å². The molecule has 4 aromatic rings. The van der Waals surface area contributed by atoms with Gasteiger partial charge in [0.15, 0.2) is 11.2 Å². The molecule has 0 aliphatic heterocycles. The number of rotatable bonds is 5. The lowest BCUT2D eigenvalue weighted by Gasteiger charge is -2.11. The van der Waals surface area contributed by atoms with Gasteiger partial charge >= 0.3 is 5.69 Å². The minimum atomic E-state index is -0.511. The van der Waals surface area contributed by atoms with Crippen LogP contribution in [-0.2, 0) is 13.6 Å². The summed E-state index contributed by atoms with van der Waals surface area (Å²) in [5, 5.41) is 4.30. The highest BCUT2D eigenvalue weighted by Crippen LogP contribution is 2.20. The first-order valence-electron chi connectivity index (χ1n) is 9.95. The van der Waals surface area contributed by atoms with E-state index in [1.807, 2.05) is 57.2 Å². The number of fused-ring (bicyclic) bond motifs is 1. The Balaban J connectivity index is 1.80. The number of benzene rings is 2. The summed E-state index contributed by atoms with van der Waals surface area (Å²) < 4.78 is 3.08. The molecule has 158 valence electrons. The molecule has 0 unspecified atom stereocenters.